The van der Waals surface area contributed by atoms with Crippen molar-refractivity contribution in [3.05, 3.63) is 131 Å². The molecule has 0 spiro atoms. The lowest BCUT2D eigenvalue weighted by Crippen LogP contribution is -2.34. The summed E-state index contributed by atoms with van der Waals surface area (Å²) in [7, 11) is -23.6. The van der Waals surface area contributed by atoms with Crippen molar-refractivity contribution >= 4 is 31.6 Å². The number of allylic oxidation sites excluding steroid dienone is 3. The molecular formula is C32H11F17N4OS2. The zero-order valence-electron chi connectivity index (χ0n) is 26.7. The molecule has 2 aliphatic rings. The number of hydrogen-bond acceptors (Lipinski definition) is 3. The highest BCUT2D eigenvalue weighted by Gasteiger charge is 2.72. The molecule has 24 heteroatoms. The maximum absolute atomic E-state index is 15.5. The Morgan fingerprint density at radius 2 is 1.02 bits per heavy atom. The van der Waals surface area contributed by atoms with E-state index in [0.29, 0.717) is 0 Å². The van der Waals surface area contributed by atoms with Crippen LogP contribution < -0.4 is 15.2 Å². The molecule has 56 heavy (non-hydrogen) atoms. The fourth-order valence-corrected chi connectivity index (χ4v) is 8.92. The molecule has 0 aliphatic heterocycles. The number of nitrogens with zero attached hydrogens (tertiary/aromatic N) is 4. The first-order valence-electron chi connectivity index (χ1n) is 14.2. The van der Waals surface area contributed by atoms with Gasteiger partial charge in [-0.2, -0.15) is 20.2 Å². The van der Waals surface area contributed by atoms with E-state index in [0.717, 1.165) is 19.1 Å². The maximum Gasteiger partial charge on any atom is 0.573 e. The first-order chi connectivity index (χ1) is 25.1. The number of fused-ring (bicyclic) bond motifs is 2. The summed E-state index contributed by atoms with van der Waals surface area (Å²) in [5.41, 5.74) is -17.4. The quantitative estimate of drug-likeness (QED) is 0.146. The summed E-state index contributed by atoms with van der Waals surface area (Å²) in [6.45, 7) is 15.3. The molecule has 2 aliphatic carbocycles. The van der Waals surface area contributed by atoms with Crippen LogP contribution in [0.3, 0.4) is 0 Å². The summed E-state index contributed by atoms with van der Waals surface area (Å²) >= 11 is 0. The smallest absolute Gasteiger partial charge is 0.399 e. The van der Waals surface area contributed by atoms with Crippen molar-refractivity contribution in [3.63, 3.8) is 0 Å². The van der Waals surface area contributed by atoms with Crippen LogP contribution in [0.1, 0.15) is 27.8 Å². The van der Waals surface area contributed by atoms with E-state index in [-0.39, 0.29) is 12.1 Å². The highest BCUT2D eigenvalue weighted by Crippen LogP contribution is 3.04. The fourth-order valence-electron chi connectivity index (χ4n) is 6.42. The van der Waals surface area contributed by atoms with E-state index in [9.17, 15) is 32.5 Å². The minimum absolute atomic E-state index is 0.0820. The van der Waals surface area contributed by atoms with Crippen LogP contribution in [0, 0.1) is 66.0 Å². The summed E-state index contributed by atoms with van der Waals surface area (Å²) in [4.78, 5) is -1.85. The zero-order chi connectivity index (χ0) is 42.6. The summed E-state index contributed by atoms with van der Waals surface area (Å²) in [5, 5.41) is 13.9. The Morgan fingerprint density at radius 3 is 1.36 bits per heavy atom. The lowest BCUT2D eigenvalue weighted by molar-refractivity contribution is -0.276. The predicted molar refractivity (Wildman–Crippen MR) is 164 cm³/mol. The Balaban J connectivity index is 2.32. The number of benzene rings is 3. The third-order valence-electron chi connectivity index (χ3n) is 8.27. The molecule has 0 unspecified atom stereocenters. The van der Waals surface area contributed by atoms with Gasteiger partial charge in [-0.1, -0.05) is 38.9 Å². The molecule has 0 amide bonds. The van der Waals surface area contributed by atoms with Crippen LogP contribution in [0.5, 0.6) is 5.75 Å². The lowest BCUT2D eigenvalue weighted by atomic mass is 9.95. The molecule has 0 aromatic heterocycles. The first-order valence-corrected chi connectivity index (χ1v) is 18.2. The van der Waals surface area contributed by atoms with Crippen LogP contribution in [0.2, 0.25) is 0 Å². The normalized spacial score (nSPS) is 16.6. The molecule has 0 saturated carbocycles. The van der Waals surface area contributed by atoms with Crippen molar-refractivity contribution in [3.8, 4) is 17.9 Å². The van der Waals surface area contributed by atoms with Crippen LogP contribution in [0.4, 0.5) is 69.6 Å². The van der Waals surface area contributed by atoms with Gasteiger partial charge in [-0.3, -0.25) is 0 Å². The average molecular weight is 855 g/mol. The molecule has 0 bridgehead atoms. The van der Waals surface area contributed by atoms with Gasteiger partial charge in [-0.15, -0.1) is 13.2 Å². The van der Waals surface area contributed by atoms with Gasteiger partial charge in [-0.25, -0.2) is 17.6 Å². The average Bonchev–Trinajstić information content (AvgIpc) is 3.56. The Labute approximate surface area is 301 Å². The number of hydrogen-bond donors (Lipinski definition) is 0. The van der Waals surface area contributed by atoms with Crippen LogP contribution >= 0.6 is 20.4 Å². The van der Waals surface area contributed by atoms with E-state index in [4.69, 9.17) is 13.1 Å². The minimum Gasteiger partial charge on any atom is -0.399 e. The molecule has 0 fully saturated rings. The molecule has 0 N–H and O–H groups in total. The van der Waals surface area contributed by atoms with Crippen molar-refractivity contribution in [2.45, 2.75) is 35.9 Å². The second-order valence-electron chi connectivity index (χ2n) is 11.9. The molecular weight excluding hydrogens is 843 g/mol. The summed E-state index contributed by atoms with van der Waals surface area (Å²) < 4.78 is 256. The SMILES string of the molecule is [C-]#[N+]C([N+]#[C-])=C1Cc2c(S(F)(F)(F)(F)F)c3c(c(S(F)(F)(F)(F)F)c2=C1c1cc(F)c(C)c(F)c1)CC(=C(C#N)C#N)C=3c1cc(F)c(OC(F)(F)F)c(F)c1. The van der Waals surface area contributed by atoms with Crippen molar-refractivity contribution in [1.29, 1.82) is 10.5 Å². The van der Waals surface area contributed by atoms with Gasteiger partial charge in [0, 0.05) is 22.4 Å². The number of ether oxygens (including phenoxy) is 1. The first kappa shape index (κ1) is 41.3. The van der Waals surface area contributed by atoms with Gasteiger partial charge >= 0.3 is 32.6 Å². The van der Waals surface area contributed by atoms with E-state index in [1.807, 2.05) is 0 Å². The third-order valence-corrected chi connectivity index (χ3v) is 10.7. The van der Waals surface area contributed by atoms with Gasteiger partial charge in [0.1, 0.15) is 52.3 Å². The molecule has 5 nitrogen and oxygen atoms in total. The van der Waals surface area contributed by atoms with Gasteiger partial charge in [0.2, 0.25) is 5.75 Å². The van der Waals surface area contributed by atoms with Gasteiger partial charge in [0.05, 0.1) is 5.57 Å². The third kappa shape index (κ3) is 7.06. The fraction of sp³-hybridized carbons (Fsp3) is 0.125. The predicted octanol–water partition coefficient (Wildman–Crippen LogP) is 11.7. The molecule has 296 valence electrons. The summed E-state index contributed by atoms with van der Waals surface area (Å²) in [6, 6.07) is 1.27. The van der Waals surface area contributed by atoms with Crippen LogP contribution in [-0.2, 0) is 12.8 Å². The topological polar surface area (TPSA) is 65.5 Å². The van der Waals surface area contributed by atoms with Crippen LogP contribution in [0.25, 0.3) is 20.8 Å². The maximum atomic E-state index is 15.5. The molecule has 0 heterocycles. The van der Waals surface area contributed by atoms with Gasteiger partial charge in [-0.05, 0) is 76.6 Å². The summed E-state index contributed by atoms with van der Waals surface area (Å²) in [5.74, 6) is -12.3. The molecule has 5 rings (SSSR count). The second kappa shape index (κ2) is 11.1. The molecule has 0 saturated heterocycles. The second-order valence-corrected chi connectivity index (χ2v) is 16.6. The Bertz CT molecular complexity index is 2690. The van der Waals surface area contributed by atoms with E-state index in [1.54, 1.807) is 0 Å². The number of rotatable bonds is 5. The number of halogens is 17. The Kier molecular flexibility index (Phi) is 8.22. The molecule has 3 aromatic rings. The standard InChI is InChI=1S/C32H11F17N4OS2/c1-12-20(33)4-13(5-21(12)34)25-19(31(52-2)53-3)9-18-27(25)29(55(40,41,42,43)44)17-8-16(15(10-50)11-51)24(26(17)30(18)56(45,46,47,48)49)14-6-22(35)28(23(36)7-14)54-32(37,38)39/h4-7H,8-9H2,1H3. The largest absolute Gasteiger partial charge is 0.573 e. The minimum atomic E-state index is -11.8. The highest BCUT2D eigenvalue weighted by atomic mass is 32.5. The number of alkyl halides is 3. The van der Waals surface area contributed by atoms with Crippen LogP contribution in [0.15, 0.2) is 56.6 Å². The lowest BCUT2D eigenvalue weighted by Gasteiger charge is -2.45. The van der Waals surface area contributed by atoms with Crippen molar-refractivity contribution in [2.75, 3.05) is 0 Å². The molecule has 0 radical (unpaired) electrons. The van der Waals surface area contributed by atoms with Gasteiger partial charge in [0.15, 0.2) is 11.6 Å². The van der Waals surface area contributed by atoms with E-state index >= 15 is 47.6 Å². The van der Waals surface area contributed by atoms with Crippen molar-refractivity contribution in [1.82, 2.24) is 0 Å². The molecule has 0 atom stereocenters. The highest BCUT2D eigenvalue weighted by molar-refractivity contribution is 8.46. The zero-order valence-corrected chi connectivity index (χ0v) is 28.3. The van der Waals surface area contributed by atoms with E-state index in [2.05, 4.69) is 14.4 Å². The van der Waals surface area contributed by atoms with E-state index in [1.165, 1.54) is 0 Å². The van der Waals surface area contributed by atoms with Crippen molar-refractivity contribution < 1.29 is 74.3 Å². The Hall–Kier alpha value is -5.85. The number of nitriles is 2. The van der Waals surface area contributed by atoms with Gasteiger partial charge in [0.25, 0.3) is 0 Å². The van der Waals surface area contributed by atoms with E-state index < -0.39 is 163 Å². The molecule has 3 aromatic carbocycles. The summed E-state index contributed by atoms with van der Waals surface area (Å²) in [6.07, 6.45) is -10.2. The van der Waals surface area contributed by atoms with Crippen LogP contribution in [-0.4, -0.2) is 6.36 Å². The van der Waals surface area contributed by atoms with Gasteiger partial charge < -0.3 is 4.74 Å². The monoisotopic (exact) mass is 854 g/mol. The Morgan fingerprint density at radius 1 is 0.661 bits per heavy atom. The van der Waals surface area contributed by atoms with Crippen molar-refractivity contribution in [2.24, 2.45) is 0 Å².